The second kappa shape index (κ2) is 6.14. The molecule has 5 heteroatoms. The van der Waals surface area contributed by atoms with Crippen molar-refractivity contribution in [2.75, 3.05) is 0 Å². The molecule has 0 aromatic heterocycles. The van der Waals surface area contributed by atoms with Gasteiger partial charge in [0, 0.05) is 22.6 Å². The lowest BCUT2D eigenvalue weighted by Gasteiger charge is -2.09. The van der Waals surface area contributed by atoms with Crippen LogP contribution >= 0.6 is 11.6 Å². The molecule has 0 saturated heterocycles. The van der Waals surface area contributed by atoms with Gasteiger partial charge in [0.05, 0.1) is 0 Å². The van der Waals surface area contributed by atoms with Gasteiger partial charge in [0.25, 0.3) is 0 Å². The van der Waals surface area contributed by atoms with Crippen LogP contribution in [-0.2, 0) is 11.2 Å². The van der Waals surface area contributed by atoms with Gasteiger partial charge in [-0.15, -0.1) is 0 Å². The van der Waals surface area contributed by atoms with E-state index in [1.165, 1.54) is 19.1 Å². The summed E-state index contributed by atoms with van der Waals surface area (Å²) < 4.78 is 26.7. The Morgan fingerprint density at radius 2 is 1.76 bits per heavy atom. The van der Waals surface area contributed by atoms with Gasteiger partial charge in [-0.05, 0) is 36.8 Å². The average molecular weight is 309 g/mol. The van der Waals surface area contributed by atoms with Crippen LogP contribution in [0.1, 0.15) is 28.4 Å². The van der Waals surface area contributed by atoms with Crippen molar-refractivity contribution in [3.63, 3.8) is 0 Å². The minimum atomic E-state index is -1.13. The molecule has 0 N–H and O–H groups in total. The Hall–Kier alpha value is -2.07. The fourth-order valence-electron chi connectivity index (χ4n) is 2.00. The number of carbonyl (C=O) groups excluding carboxylic acids is 2. The molecule has 21 heavy (non-hydrogen) atoms. The number of ketones is 2. The van der Waals surface area contributed by atoms with E-state index < -0.39 is 17.4 Å². The molecule has 0 aliphatic rings. The summed E-state index contributed by atoms with van der Waals surface area (Å²) in [5.74, 6) is -2.98. The Morgan fingerprint density at radius 1 is 1.10 bits per heavy atom. The van der Waals surface area contributed by atoms with Crippen LogP contribution in [0, 0.1) is 11.6 Å². The zero-order chi connectivity index (χ0) is 15.6. The molecule has 0 saturated carbocycles. The van der Waals surface area contributed by atoms with Crippen LogP contribution in [0.3, 0.4) is 0 Å². The van der Waals surface area contributed by atoms with Crippen molar-refractivity contribution in [1.29, 1.82) is 0 Å². The van der Waals surface area contributed by atoms with Crippen LogP contribution in [0.15, 0.2) is 36.4 Å². The summed E-state index contributed by atoms with van der Waals surface area (Å²) in [5.41, 5.74) is 0.371. The van der Waals surface area contributed by atoms with E-state index in [1.807, 2.05) is 0 Å². The normalized spacial score (nSPS) is 10.5. The Kier molecular flexibility index (Phi) is 4.48. The van der Waals surface area contributed by atoms with E-state index in [2.05, 4.69) is 0 Å². The van der Waals surface area contributed by atoms with Gasteiger partial charge in [0.1, 0.15) is 5.78 Å². The third-order valence-corrected chi connectivity index (χ3v) is 3.15. The molecule has 2 nitrogen and oxygen atoms in total. The molecule has 0 heterocycles. The minimum absolute atomic E-state index is 0.0358. The van der Waals surface area contributed by atoms with Crippen molar-refractivity contribution in [1.82, 2.24) is 0 Å². The van der Waals surface area contributed by atoms with E-state index in [4.69, 9.17) is 11.6 Å². The highest BCUT2D eigenvalue weighted by Gasteiger charge is 2.18. The third-order valence-electron chi connectivity index (χ3n) is 2.92. The van der Waals surface area contributed by atoms with Gasteiger partial charge in [0.2, 0.25) is 0 Å². The maximum Gasteiger partial charge on any atom is 0.193 e. The third kappa shape index (κ3) is 3.52. The SMILES string of the molecule is CC(=O)Cc1cc(F)c(F)cc1C(=O)c1cccc(Cl)c1. The lowest BCUT2D eigenvalue weighted by Crippen LogP contribution is -2.10. The lowest BCUT2D eigenvalue weighted by atomic mass is 9.95. The van der Waals surface area contributed by atoms with E-state index in [0.29, 0.717) is 5.02 Å². The molecule has 0 aliphatic carbocycles. The number of carbonyl (C=O) groups is 2. The lowest BCUT2D eigenvalue weighted by molar-refractivity contribution is -0.116. The number of halogens is 3. The van der Waals surface area contributed by atoms with Crippen LogP contribution in [0.5, 0.6) is 0 Å². The molecular weight excluding hydrogens is 298 g/mol. The maximum absolute atomic E-state index is 13.4. The minimum Gasteiger partial charge on any atom is -0.300 e. The van der Waals surface area contributed by atoms with Gasteiger partial charge in [-0.2, -0.15) is 0 Å². The number of Topliss-reactive ketones (excluding diaryl/α,β-unsaturated/α-hetero) is 1. The first-order valence-corrected chi connectivity index (χ1v) is 6.54. The summed E-state index contributed by atoms with van der Waals surface area (Å²) >= 11 is 5.82. The molecule has 0 fully saturated rings. The molecule has 2 aromatic carbocycles. The average Bonchev–Trinajstić information content (AvgIpc) is 2.41. The molecule has 0 unspecified atom stereocenters. The van der Waals surface area contributed by atoms with Crippen LogP contribution in [0.4, 0.5) is 8.78 Å². The highest BCUT2D eigenvalue weighted by atomic mass is 35.5. The largest absolute Gasteiger partial charge is 0.300 e. The van der Waals surface area contributed by atoms with Crippen molar-refractivity contribution < 1.29 is 18.4 Å². The molecule has 0 radical (unpaired) electrons. The van der Waals surface area contributed by atoms with Crippen molar-refractivity contribution >= 4 is 23.2 Å². The topological polar surface area (TPSA) is 34.1 Å². The fraction of sp³-hybridized carbons (Fsp3) is 0.125. The Bertz CT molecular complexity index is 726. The number of hydrogen-bond acceptors (Lipinski definition) is 2. The first-order valence-electron chi connectivity index (χ1n) is 6.16. The summed E-state index contributed by atoms with van der Waals surface area (Å²) in [6.45, 7) is 1.31. The van der Waals surface area contributed by atoms with E-state index >= 15 is 0 Å². The number of benzene rings is 2. The van der Waals surface area contributed by atoms with Crippen molar-refractivity contribution in [3.05, 3.63) is 69.7 Å². The van der Waals surface area contributed by atoms with Gasteiger partial charge >= 0.3 is 0 Å². The van der Waals surface area contributed by atoms with Crippen molar-refractivity contribution in [2.45, 2.75) is 13.3 Å². The monoisotopic (exact) mass is 308 g/mol. The summed E-state index contributed by atoms with van der Waals surface area (Å²) in [6.07, 6.45) is -0.140. The maximum atomic E-state index is 13.4. The van der Waals surface area contributed by atoms with Gasteiger partial charge in [-0.1, -0.05) is 23.7 Å². The summed E-state index contributed by atoms with van der Waals surface area (Å²) in [6, 6.07) is 7.83. The van der Waals surface area contributed by atoms with Crippen molar-refractivity contribution in [2.24, 2.45) is 0 Å². The van der Waals surface area contributed by atoms with E-state index in [9.17, 15) is 18.4 Å². The van der Waals surface area contributed by atoms with Gasteiger partial charge in [-0.25, -0.2) is 8.78 Å². The summed E-state index contributed by atoms with van der Waals surface area (Å²) in [4.78, 5) is 23.6. The van der Waals surface area contributed by atoms with E-state index in [0.717, 1.165) is 12.1 Å². The molecule has 0 aliphatic heterocycles. The van der Waals surface area contributed by atoms with Crippen LogP contribution in [0.2, 0.25) is 5.02 Å². The Morgan fingerprint density at radius 3 is 2.38 bits per heavy atom. The molecular formula is C16H11ClF2O2. The molecule has 0 amide bonds. The number of hydrogen-bond donors (Lipinski definition) is 0. The predicted octanol–water partition coefficient (Wildman–Crippen LogP) is 3.98. The zero-order valence-electron chi connectivity index (χ0n) is 11.1. The molecule has 2 aromatic rings. The molecule has 2 rings (SSSR count). The van der Waals surface area contributed by atoms with E-state index in [-0.39, 0.29) is 28.9 Å². The standard InChI is InChI=1S/C16H11ClF2O2/c1-9(20)5-11-7-14(18)15(19)8-13(11)16(21)10-3-2-4-12(17)6-10/h2-4,6-8H,5H2,1H3. The van der Waals surface area contributed by atoms with Gasteiger partial charge in [-0.3, -0.25) is 9.59 Å². The highest BCUT2D eigenvalue weighted by Crippen LogP contribution is 2.21. The first kappa shape index (κ1) is 15.3. The quantitative estimate of drug-likeness (QED) is 0.801. The molecule has 108 valence electrons. The molecule has 0 spiro atoms. The Labute approximate surface area is 125 Å². The van der Waals surface area contributed by atoms with E-state index in [1.54, 1.807) is 12.1 Å². The molecule has 0 bridgehead atoms. The van der Waals surface area contributed by atoms with Crippen LogP contribution < -0.4 is 0 Å². The zero-order valence-corrected chi connectivity index (χ0v) is 11.9. The highest BCUT2D eigenvalue weighted by molar-refractivity contribution is 6.31. The fourth-order valence-corrected chi connectivity index (χ4v) is 2.19. The van der Waals surface area contributed by atoms with Crippen LogP contribution in [-0.4, -0.2) is 11.6 Å². The summed E-state index contributed by atoms with van der Waals surface area (Å²) in [7, 11) is 0. The van der Waals surface area contributed by atoms with Crippen LogP contribution in [0.25, 0.3) is 0 Å². The molecule has 0 atom stereocenters. The smallest absolute Gasteiger partial charge is 0.193 e. The van der Waals surface area contributed by atoms with Crippen molar-refractivity contribution in [3.8, 4) is 0 Å². The van der Waals surface area contributed by atoms with Gasteiger partial charge in [0.15, 0.2) is 17.4 Å². The first-order chi connectivity index (χ1) is 9.88. The predicted molar refractivity (Wildman–Crippen MR) is 75.6 cm³/mol. The summed E-state index contributed by atoms with van der Waals surface area (Å²) in [5, 5.41) is 0.358. The Balaban J connectivity index is 2.53. The second-order valence-corrected chi connectivity index (χ2v) is 5.08. The second-order valence-electron chi connectivity index (χ2n) is 4.64. The number of rotatable bonds is 4. The van der Waals surface area contributed by atoms with Gasteiger partial charge < -0.3 is 0 Å².